The summed E-state index contributed by atoms with van der Waals surface area (Å²) in [4.78, 5) is 29.4. The zero-order valence-corrected chi connectivity index (χ0v) is 8.34. The van der Waals surface area contributed by atoms with Gasteiger partial charge in [0.25, 0.3) is 0 Å². The first-order valence-corrected chi connectivity index (χ1v) is 4.46. The molecule has 0 atom stereocenters. The molecule has 1 aromatic heterocycles. The number of nitrogens with zero attached hydrogens (tertiary/aromatic N) is 1. The van der Waals surface area contributed by atoms with Crippen molar-refractivity contribution in [3.05, 3.63) is 30.1 Å². The van der Waals surface area contributed by atoms with Crippen molar-refractivity contribution in [2.75, 3.05) is 6.61 Å². The maximum Gasteiger partial charge on any atom is 0.339 e. The predicted octanol–water partition coefficient (Wildman–Crippen LogP) is -0.103. The highest BCUT2D eigenvalue weighted by Crippen LogP contribution is 1.91. The Bertz CT molecular complexity index is 355. The summed E-state index contributed by atoms with van der Waals surface area (Å²) in [6, 6.07) is 4.69. The lowest BCUT2D eigenvalue weighted by molar-refractivity contribution is -0.144. The second-order valence-corrected chi connectivity index (χ2v) is 2.79. The number of rotatable bonds is 5. The number of urea groups is 1. The molecule has 2 amide bonds. The molecule has 0 saturated carbocycles. The second kappa shape index (κ2) is 6.36. The van der Waals surface area contributed by atoms with Crippen LogP contribution in [0.1, 0.15) is 5.69 Å². The van der Waals surface area contributed by atoms with Crippen LogP contribution in [0, 0.1) is 0 Å². The summed E-state index contributed by atoms with van der Waals surface area (Å²) in [6.07, 6.45) is 1.61. The summed E-state index contributed by atoms with van der Waals surface area (Å²) >= 11 is 0. The number of carboxylic acids is 1. The largest absolute Gasteiger partial charge is 0.479 e. The number of aliphatic carboxylic acids is 1. The minimum Gasteiger partial charge on any atom is -0.479 e. The molecular weight excluding hydrogens is 214 g/mol. The number of carbonyl (C=O) groups excluding carboxylic acids is 1. The van der Waals surface area contributed by atoms with Crippen LogP contribution >= 0.6 is 0 Å². The summed E-state index contributed by atoms with van der Waals surface area (Å²) in [7, 11) is 0. The molecule has 0 aliphatic carbocycles. The lowest BCUT2D eigenvalue weighted by Crippen LogP contribution is -2.36. The Kier molecular flexibility index (Phi) is 4.74. The van der Waals surface area contributed by atoms with Crippen LogP contribution in [0.3, 0.4) is 0 Å². The fraction of sp³-hybridized carbons (Fsp3) is 0.222. The average Bonchev–Trinajstić information content (AvgIpc) is 2.27. The third-order valence-electron chi connectivity index (χ3n) is 1.52. The molecule has 0 aromatic carbocycles. The molecule has 0 aliphatic heterocycles. The van der Waals surface area contributed by atoms with Gasteiger partial charge in [-0.1, -0.05) is 6.07 Å². The minimum atomic E-state index is -1.16. The van der Waals surface area contributed by atoms with Gasteiger partial charge in [0.15, 0.2) is 6.61 Å². The number of amides is 2. The first-order chi connectivity index (χ1) is 7.68. The SMILES string of the molecule is O=C(O)CONC(=O)NCc1ccccn1. The number of pyridine rings is 1. The van der Waals surface area contributed by atoms with Crippen molar-refractivity contribution in [3.63, 3.8) is 0 Å². The van der Waals surface area contributed by atoms with E-state index in [1.54, 1.807) is 24.4 Å². The number of hydroxylamine groups is 1. The van der Waals surface area contributed by atoms with E-state index in [9.17, 15) is 9.59 Å². The van der Waals surface area contributed by atoms with E-state index in [1.807, 2.05) is 5.48 Å². The van der Waals surface area contributed by atoms with Gasteiger partial charge in [-0.15, -0.1) is 0 Å². The van der Waals surface area contributed by atoms with Crippen LogP contribution in [-0.4, -0.2) is 28.7 Å². The van der Waals surface area contributed by atoms with E-state index >= 15 is 0 Å². The maximum atomic E-state index is 11.0. The number of aromatic nitrogens is 1. The summed E-state index contributed by atoms with van der Waals surface area (Å²) in [6.45, 7) is -0.347. The summed E-state index contributed by atoms with van der Waals surface area (Å²) in [5, 5.41) is 10.7. The number of nitrogens with one attached hydrogen (secondary N) is 2. The molecule has 16 heavy (non-hydrogen) atoms. The topological polar surface area (TPSA) is 101 Å². The number of hydrogen-bond acceptors (Lipinski definition) is 4. The summed E-state index contributed by atoms with van der Waals surface area (Å²) < 4.78 is 0. The van der Waals surface area contributed by atoms with Crippen LogP contribution in [0.4, 0.5) is 4.79 Å². The maximum absolute atomic E-state index is 11.0. The molecule has 3 N–H and O–H groups in total. The van der Waals surface area contributed by atoms with Gasteiger partial charge in [0.2, 0.25) is 0 Å². The second-order valence-electron chi connectivity index (χ2n) is 2.79. The molecule has 1 rings (SSSR count). The number of hydrogen-bond donors (Lipinski definition) is 3. The Morgan fingerprint density at radius 3 is 2.88 bits per heavy atom. The van der Waals surface area contributed by atoms with Crippen LogP contribution in [0.15, 0.2) is 24.4 Å². The van der Waals surface area contributed by atoms with Crippen molar-refractivity contribution >= 4 is 12.0 Å². The lowest BCUT2D eigenvalue weighted by atomic mass is 10.3. The van der Waals surface area contributed by atoms with E-state index in [0.29, 0.717) is 5.69 Å². The minimum absolute atomic E-state index is 0.239. The first-order valence-electron chi connectivity index (χ1n) is 4.46. The van der Waals surface area contributed by atoms with E-state index in [4.69, 9.17) is 5.11 Å². The van der Waals surface area contributed by atoms with Crippen molar-refractivity contribution in [1.29, 1.82) is 0 Å². The molecule has 86 valence electrons. The Morgan fingerprint density at radius 1 is 1.44 bits per heavy atom. The Balaban J connectivity index is 2.18. The van der Waals surface area contributed by atoms with Crippen molar-refractivity contribution in [3.8, 4) is 0 Å². The van der Waals surface area contributed by atoms with Crippen LogP contribution in [0.2, 0.25) is 0 Å². The van der Waals surface area contributed by atoms with E-state index in [2.05, 4.69) is 15.1 Å². The van der Waals surface area contributed by atoms with Crippen molar-refractivity contribution < 1.29 is 19.5 Å². The zero-order chi connectivity index (χ0) is 11.8. The average molecular weight is 225 g/mol. The molecule has 0 spiro atoms. The third-order valence-corrected chi connectivity index (χ3v) is 1.52. The van der Waals surface area contributed by atoms with Crippen LogP contribution < -0.4 is 10.8 Å². The van der Waals surface area contributed by atoms with Crippen molar-refractivity contribution in [2.24, 2.45) is 0 Å². The van der Waals surface area contributed by atoms with Gasteiger partial charge in [-0.3, -0.25) is 9.82 Å². The normalized spacial score (nSPS) is 9.50. The lowest BCUT2D eigenvalue weighted by Gasteiger charge is -2.05. The Hall–Kier alpha value is -2.15. The van der Waals surface area contributed by atoms with Gasteiger partial charge in [0.05, 0.1) is 12.2 Å². The van der Waals surface area contributed by atoms with Crippen molar-refractivity contribution in [2.45, 2.75) is 6.54 Å². The molecule has 0 radical (unpaired) electrons. The van der Waals surface area contributed by atoms with Crippen LogP contribution in [-0.2, 0) is 16.2 Å². The quantitative estimate of drug-likeness (QED) is 0.607. The van der Waals surface area contributed by atoms with Gasteiger partial charge in [0, 0.05) is 6.20 Å². The van der Waals surface area contributed by atoms with Crippen molar-refractivity contribution in [1.82, 2.24) is 15.8 Å². The van der Waals surface area contributed by atoms with E-state index in [1.165, 1.54) is 0 Å². The summed E-state index contributed by atoms with van der Waals surface area (Å²) in [5.41, 5.74) is 2.62. The highest BCUT2D eigenvalue weighted by molar-refractivity contribution is 5.73. The number of carbonyl (C=O) groups is 2. The molecular formula is C9H11N3O4. The molecule has 7 nitrogen and oxygen atoms in total. The van der Waals surface area contributed by atoms with E-state index in [0.717, 1.165) is 0 Å². The third kappa shape index (κ3) is 4.91. The van der Waals surface area contributed by atoms with Gasteiger partial charge in [-0.2, -0.15) is 0 Å². The molecule has 0 unspecified atom stereocenters. The molecule has 0 saturated heterocycles. The smallest absolute Gasteiger partial charge is 0.339 e. The molecule has 0 bridgehead atoms. The molecule has 1 heterocycles. The predicted molar refractivity (Wildman–Crippen MR) is 53.2 cm³/mol. The highest BCUT2D eigenvalue weighted by Gasteiger charge is 2.02. The fourth-order valence-electron chi connectivity index (χ4n) is 0.873. The van der Waals surface area contributed by atoms with E-state index < -0.39 is 18.6 Å². The molecule has 7 heteroatoms. The Morgan fingerprint density at radius 2 is 2.25 bits per heavy atom. The van der Waals surface area contributed by atoms with Gasteiger partial charge in [0.1, 0.15) is 0 Å². The van der Waals surface area contributed by atoms with Gasteiger partial charge < -0.3 is 10.4 Å². The summed E-state index contributed by atoms with van der Waals surface area (Å²) in [5.74, 6) is -1.16. The van der Waals surface area contributed by atoms with Crippen LogP contribution in [0.25, 0.3) is 0 Å². The van der Waals surface area contributed by atoms with Crippen LogP contribution in [0.5, 0.6) is 0 Å². The number of carboxylic acid groups (broad SMARTS) is 1. The first kappa shape index (κ1) is 11.9. The monoisotopic (exact) mass is 225 g/mol. The van der Waals surface area contributed by atoms with Gasteiger partial charge in [-0.25, -0.2) is 15.1 Å². The highest BCUT2D eigenvalue weighted by atomic mass is 16.7. The zero-order valence-electron chi connectivity index (χ0n) is 8.34. The molecule has 1 aromatic rings. The van der Waals surface area contributed by atoms with Gasteiger partial charge >= 0.3 is 12.0 Å². The standard InChI is InChI=1S/C9H11N3O4/c13-8(14)6-16-12-9(15)11-5-7-3-1-2-4-10-7/h1-4H,5-6H2,(H,13,14)(H2,11,12,15). The van der Waals surface area contributed by atoms with Gasteiger partial charge in [-0.05, 0) is 12.1 Å². The fourth-order valence-corrected chi connectivity index (χ4v) is 0.873. The van der Waals surface area contributed by atoms with E-state index in [-0.39, 0.29) is 6.54 Å². The molecule has 0 aliphatic rings. The Labute approximate surface area is 91.4 Å². The molecule has 0 fully saturated rings.